The second-order valence-corrected chi connectivity index (χ2v) is 12.6. The van der Waals surface area contributed by atoms with Crippen LogP contribution in [0.2, 0.25) is 0 Å². The van der Waals surface area contributed by atoms with Crippen LogP contribution < -0.4 is 10.0 Å². The fourth-order valence-electron chi connectivity index (χ4n) is 4.65. The highest BCUT2D eigenvalue weighted by atomic mass is 32.2. The minimum Gasteiger partial charge on any atom is -0.379 e. The van der Waals surface area contributed by atoms with E-state index in [1.165, 1.54) is 11.6 Å². The molecule has 0 saturated carbocycles. The molecule has 1 saturated heterocycles. The van der Waals surface area contributed by atoms with Crippen molar-refractivity contribution in [2.24, 2.45) is 0 Å². The Morgan fingerprint density at radius 2 is 1.90 bits per heavy atom. The molecule has 9 nitrogen and oxygen atoms in total. The van der Waals surface area contributed by atoms with Crippen molar-refractivity contribution in [2.75, 3.05) is 44.1 Å². The Hall–Kier alpha value is -3.38. The van der Waals surface area contributed by atoms with Gasteiger partial charge in [-0.15, -0.1) is 0 Å². The quantitative estimate of drug-likeness (QED) is 0.246. The maximum absolute atomic E-state index is 13.2. The molecule has 0 bridgehead atoms. The van der Waals surface area contributed by atoms with Crippen LogP contribution >= 0.6 is 11.8 Å². The fourth-order valence-corrected chi connectivity index (χ4v) is 7.06. The van der Waals surface area contributed by atoms with Crippen LogP contribution in [-0.2, 0) is 20.5 Å². The summed E-state index contributed by atoms with van der Waals surface area (Å²) >= 11 is 1.83. The first-order chi connectivity index (χ1) is 19.4. The largest absolute Gasteiger partial charge is 0.379 e. The van der Waals surface area contributed by atoms with Crippen molar-refractivity contribution in [2.45, 2.75) is 22.8 Å². The monoisotopic (exact) mass is 579 g/mol. The number of morpholine rings is 1. The average molecular weight is 580 g/mol. The van der Waals surface area contributed by atoms with Crippen molar-refractivity contribution >= 4 is 44.3 Å². The van der Waals surface area contributed by atoms with Gasteiger partial charge in [0.25, 0.3) is 15.9 Å². The average Bonchev–Trinajstić information content (AvgIpc) is 3.41. The number of carbonyl (C=O) groups is 1. The zero-order valence-corrected chi connectivity index (χ0v) is 23.9. The minimum atomic E-state index is -3.86. The number of aromatic nitrogens is 2. The summed E-state index contributed by atoms with van der Waals surface area (Å²) in [5.41, 5.74) is 2.94. The molecule has 1 amide bonds. The number of sulfonamides is 1. The lowest BCUT2D eigenvalue weighted by atomic mass is 10.2. The predicted molar refractivity (Wildman–Crippen MR) is 159 cm³/mol. The maximum atomic E-state index is 13.2. The van der Waals surface area contributed by atoms with Crippen molar-refractivity contribution in [3.8, 4) is 0 Å². The molecule has 210 valence electrons. The first-order valence-electron chi connectivity index (χ1n) is 13.2. The number of amides is 1. The van der Waals surface area contributed by atoms with Crippen LogP contribution in [0.4, 0.5) is 5.69 Å². The molecule has 5 rings (SSSR count). The van der Waals surface area contributed by atoms with Crippen LogP contribution in [0.25, 0.3) is 10.9 Å². The molecule has 0 radical (unpaired) electrons. The number of hydrogen-bond donors (Lipinski definition) is 3. The van der Waals surface area contributed by atoms with E-state index in [0.29, 0.717) is 29.1 Å². The number of fused-ring (bicyclic) bond motifs is 1. The number of para-hydroxylation sites is 1. The van der Waals surface area contributed by atoms with Crippen molar-refractivity contribution in [1.29, 1.82) is 0 Å². The Balaban J connectivity index is 1.28. The van der Waals surface area contributed by atoms with E-state index in [0.717, 1.165) is 44.0 Å². The number of aryl methyl sites for hydroxylation is 1. The van der Waals surface area contributed by atoms with E-state index >= 15 is 0 Å². The normalized spacial score (nSPS) is 15.1. The summed E-state index contributed by atoms with van der Waals surface area (Å²) in [6, 6.07) is 20.4. The van der Waals surface area contributed by atoms with Gasteiger partial charge in [-0.2, -0.15) is 11.8 Å². The third kappa shape index (κ3) is 7.03. The Kier molecular flexibility index (Phi) is 9.05. The summed E-state index contributed by atoms with van der Waals surface area (Å²) in [5.74, 6) is 0.623. The van der Waals surface area contributed by atoms with E-state index < -0.39 is 10.0 Å². The number of carbonyl (C=O) groups excluding carboxylic acids is 1. The molecular weight excluding hydrogens is 546 g/mol. The lowest BCUT2D eigenvalue weighted by Gasteiger charge is -2.30. The molecule has 1 aliphatic heterocycles. The number of nitrogens with zero attached hydrogens (tertiary/aromatic N) is 2. The molecule has 40 heavy (non-hydrogen) atoms. The third-order valence-corrected chi connectivity index (χ3v) is 9.56. The van der Waals surface area contributed by atoms with Crippen LogP contribution in [0.5, 0.6) is 0 Å². The number of pyridine rings is 1. The highest BCUT2D eigenvalue weighted by Gasteiger charge is 2.21. The number of benzene rings is 2. The summed E-state index contributed by atoms with van der Waals surface area (Å²) in [6.07, 6.45) is 1.55. The van der Waals surface area contributed by atoms with Gasteiger partial charge in [-0.25, -0.2) is 8.42 Å². The number of nitrogens with one attached hydrogen (secondary N) is 3. The van der Waals surface area contributed by atoms with E-state index in [4.69, 9.17) is 4.74 Å². The summed E-state index contributed by atoms with van der Waals surface area (Å²) in [6.45, 7) is 6.23. The van der Waals surface area contributed by atoms with Crippen LogP contribution in [-0.4, -0.2) is 73.8 Å². The first-order valence-corrected chi connectivity index (χ1v) is 15.7. The minimum absolute atomic E-state index is 0.107. The van der Waals surface area contributed by atoms with Crippen molar-refractivity contribution < 1.29 is 17.9 Å². The maximum Gasteiger partial charge on any atom is 0.267 e. The lowest BCUT2D eigenvalue weighted by Crippen LogP contribution is -2.43. The molecule has 3 N–H and O–H groups in total. The topological polar surface area (TPSA) is 116 Å². The van der Waals surface area contributed by atoms with Gasteiger partial charge in [0.1, 0.15) is 10.6 Å². The highest BCUT2D eigenvalue weighted by molar-refractivity contribution is 7.99. The van der Waals surface area contributed by atoms with Crippen molar-refractivity contribution in [1.82, 2.24) is 20.2 Å². The molecule has 1 atom stereocenters. The molecule has 0 spiro atoms. The highest BCUT2D eigenvalue weighted by Crippen LogP contribution is 2.27. The zero-order chi connectivity index (χ0) is 28.0. The summed E-state index contributed by atoms with van der Waals surface area (Å²) in [4.78, 5) is 22.9. The van der Waals surface area contributed by atoms with Crippen LogP contribution in [0, 0.1) is 6.92 Å². The number of hydrogen-bond acceptors (Lipinski definition) is 7. The smallest absolute Gasteiger partial charge is 0.267 e. The molecule has 4 aromatic rings. The van der Waals surface area contributed by atoms with Gasteiger partial charge in [0.05, 0.1) is 30.1 Å². The van der Waals surface area contributed by atoms with E-state index in [2.05, 4.69) is 37.0 Å². The van der Waals surface area contributed by atoms with Gasteiger partial charge in [0.15, 0.2) is 0 Å². The molecule has 11 heteroatoms. The fraction of sp³-hybridized carbons (Fsp3) is 0.310. The van der Waals surface area contributed by atoms with Crippen LogP contribution in [0.15, 0.2) is 77.8 Å². The number of ether oxygens (including phenoxy) is 1. The summed E-state index contributed by atoms with van der Waals surface area (Å²) in [5, 5.41) is 4.02. The molecule has 1 aliphatic rings. The van der Waals surface area contributed by atoms with Gasteiger partial charge in [0.2, 0.25) is 0 Å². The molecule has 3 heterocycles. The Bertz CT molecular complexity index is 1550. The predicted octanol–water partition coefficient (Wildman–Crippen LogP) is 4.04. The summed E-state index contributed by atoms with van der Waals surface area (Å²) in [7, 11) is -3.86. The Morgan fingerprint density at radius 3 is 2.67 bits per heavy atom. The van der Waals surface area contributed by atoms with Gasteiger partial charge in [-0.1, -0.05) is 42.5 Å². The number of aromatic amines is 1. The van der Waals surface area contributed by atoms with Gasteiger partial charge < -0.3 is 15.0 Å². The molecular formula is C29H33N5O4S2. The molecule has 1 fully saturated rings. The number of anilines is 1. The lowest BCUT2D eigenvalue weighted by molar-refractivity contribution is 0.0381. The first kappa shape index (κ1) is 28.2. The summed E-state index contributed by atoms with van der Waals surface area (Å²) < 4.78 is 34.3. The van der Waals surface area contributed by atoms with E-state index in [-0.39, 0.29) is 16.1 Å². The SMILES string of the molecule is Cc1ncccc1S(=O)(=O)Nc1cccc2cc(C(=O)NCC(CN3CCOCC3)SCc3ccccc3)[nH]c12. The van der Waals surface area contributed by atoms with Crippen LogP contribution in [0.1, 0.15) is 21.7 Å². The second-order valence-electron chi connectivity index (χ2n) is 9.69. The van der Waals surface area contributed by atoms with E-state index in [9.17, 15) is 13.2 Å². The van der Waals surface area contributed by atoms with E-state index in [1.807, 2.05) is 36.0 Å². The van der Waals surface area contributed by atoms with Gasteiger partial charge in [-0.05, 0) is 36.8 Å². The molecule has 0 aliphatic carbocycles. The Labute approximate surface area is 238 Å². The van der Waals surface area contributed by atoms with Crippen molar-refractivity contribution in [3.05, 3.63) is 89.9 Å². The third-order valence-electron chi connectivity index (χ3n) is 6.78. The number of rotatable bonds is 11. The number of H-pyrrole nitrogens is 1. The number of thioether (sulfide) groups is 1. The molecule has 2 aromatic heterocycles. The zero-order valence-electron chi connectivity index (χ0n) is 22.3. The van der Waals surface area contributed by atoms with Crippen molar-refractivity contribution in [3.63, 3.8) is 0 Å². The van der Waals surface area contributed by atoms with Gasteiger partial charge in [-0.3, -0.25) is 19.4 Å². The standard InChI is InChI=1S/C29H33N5O4S2/c1-21-27(11-6-12-30-21)40(36,37)33-25-10-5-9-23-17-26(32-28(23)25)29(35)31-18-24(19-34-13-15-38-16-14-34)39-20-22-7-3-2-4-8-22/h2-12,17,24,32-33H,13-16,18-20H2,1H3,(H,31,35). The van der Waals surface area contributed by atoms with Gasteiger partial charge >= 0.3 is 0 Å². The Morgan fingerprint density at radius 1 is 1.10 bits per heavy atom. The molecule has 1 unspecified atom stereocenters. The second kappa shape index (κ2) is 12.9. The molecule has 2 aromatic carbocycles. The van der Waals surface area contributed by atoms with Gasteiger partial charge in [0, 0.05) is 48.8 Å². The van der Waals surface area contributed by atoms with Crippen LogP contribution in [0.3, 0.4) is 0 Å². The van der Waals surface area contributed by atoms with E-state index in [1.54, 1.807) is 37.4 Å².